The normalized spacial score (nSPS) is 14.1. The quantitative estimate of drug-likeness (QED) is 0.810. The van der Waals surface area contributed by atoms with Crippen molar-refractivity contribution in [1.29, 1.82) is 0 Å². The zero-order valence-electron chi connectivity index (χ0n) is 14.9. The Hall–Kier alpha value is -2.82. The van der Waals surface area contributed by atoms with Crippen LogP contribution in [-0.4, -0.2) is 29.8 Å². The molecule has 1 fully saturated rings. The van der Waals surface area contributed by atoms with Crippen molar-refractivity contribution in [3.63, 3.8) is 0 Å². The van der Waals surface area contributed by atoms with Crippen molar-refractivity contribution in [3.8, 4) is 0 Å². The number of nitrogens with two attached hydrogens (primary N) is 1. The van der Waals surface area contributed by atoms with Gasteiger partial charge in [0.15, 0.2) is 0 Å². The lowest BCUT2D eigenvalue weighted by Crippen LogP contribution is -2.36. The molecule has 3 rings (SSSR count). The molecule has 136 valence electrons. The molecule has 0 saturated carbocycles. The molecule has 0 spiro atoms. The Kier molecular flexibility index (Phi) is 5.89. The molecule has 3 N–H and O–H groups in total. The summed E-state index contributed by atoms with van der Waals surface area (Å²) in [5.41, 5.74) is 8.64. The molecule has 0 aromatic heterocycles. The van der Waals surface area contributed by atoms with Crippen LogP contribution < -0.4 is 11.1 Å². The predicted molar refractivity (Wildman–Crippen MR) is 104 cm³/mol. The summed E-state index contributed by atoms with van der Waals surface area (Å²) < 4.78 is 0. The number of likely N-dealkylation sites (tertiary alicyclic amines) is 1. The van der Waals surface area contributed by atoms with E-state index in [2.05, 4.69) is 5.32 Å². The third-order valence-corrected chi connectivity index (χ3v) is 4.67. The lowest BCUT2D eigenvalue weighted by atomic mass is 10.1. The fraction of sp³-hybridized carbons (Fsp3) is 0.333. The molecule has 1 saturated heterocycles. The van der Waals surface area contributed by atoms with E-state index in [1.165, 1.54) is 6.42 Å². The number of hydrogen-bond donors (Lipinski definition) is 2. The molecule has 0 atom stereocenters. The number of hydrogen-bond acceptors (Lipinski definition) is 3. The highest BCUT2D eigenvalue weighted by Crippen LogP contribution is 2.20. The predicted octanol–water partition coefficient (Wildman–Crippen LogP) is 3.47. The van der Waals surface area contributed by atoms with Gasteiger partial charge < -0.3 is 16.0 Å². The number of carbonyl (C=O) groups is 2. The van der Waals surface area contributed by atoms with Crippen molar-refractivity contribution in [1.82, 2.24) is 4.90 Å². The molecule has 0 unspecified atom stereocenters. The molecule has 26 heavy (non-hydrogen) atoms. The largest absolute Gasteiger partial charge is 0.399 e. The molecule has 5 nitrogen and oxygen atoms in total. The van der Waals surface area contributed by atoms with Gasteiger partial charge in [0.2, 0.25) is 5.91 Å². The molecule has 2 aromatic rings. The van der Waals surface area contributed by atoms with Gasteiger partial charge in [-0.2, -0.15) is 0 Å². The standard InChI is InChI=1S/C21H25N3O2/c22-17-8-6-7-16(15-17)11-12-20(25)23-19-10-3-2-9-18(19)21(26)24-13-4-1-5-14-24/h2-3,6-10,15H,1,4-5,11-14,22H2,(H,23,25). The zero-order chi connectivity index (χ0) is 18.4. The van der Waals surface area contributed by atoms with Crippen molar-refractivity contribution in [2.24, 2.45) is 0 Å². The van der Waals surface area contributed by atoms with Crippen molar-refractivity contribution < 1.29 is 9.59 Å². The maximum Gasteiger partial charge on any atom is 0.255 e. The minimum absolute atomic E-state index is 0.00330. The van der Waals surface area contributed by atoms with E-state index in [9.17, 15) is 9.59 Å². The van der Waals surface area contributed by atoms with Gasteiger partial charge in [-0.3, -0.25) is 9.59 Å². The minimum Gasteiger partial charge on any atom is -0.399 e. The molecule has 1 aliphatic heterocycles. The number of para-hydroxylation sites is 1. The lowest BCUT2D eigenvalue weighted by Gasteiger charge is -2.27. The first-order chi connectivity index (χ1) is 12.6. The van der Waals surface area contributed by atoms with Crippen LogP contribution in [0.5, 0.6) is 0 Å². The van der Waals surface area contributed by atoms with Crippen LogP contribution in [-0.2, 0) is 11.2 Å². The van der Waals surface area contributed by atoms with Crippen LogP contribution in [0.3, 0.4) is 0 Å². The van der Waals surface area contributed by atoms with Crippen LogP contribution >= 0.6 is 0 Å². The smallest absolute Gasteiger partial charge is 0.255 e. The van der Waals surface area contributed by atoms with Gasteiger partial charge in [-0.25, -0.2) is 0 Å². The molecule has 1 heterocycles. The monoisotopic (exact) mass is 351 g/mol. The molecule has 0 bridgehead atoms. The van der Waals surface area contributed by atoms with Crippen LogP contribution in [0.2, 0.25) is 0 Å². The number of piperidine rings is 1. The molecule has 0 radical (unpaired) electrons. The van der Waals surface area contributed by atoms with Gasteiger partial charge in [0.1, 0.15) is 0 Å². The summed E-state index contributed by atoms with van der Waals surface area (Å²) in [5.74, 6) is -0.109. The van der Waals surface area contributed by atoms with Gasteiger partial charge in [-0.1, -0.05) is 24.3 Å². The molecule has 0 aliphatic carbocycles. The fourth-order valence-corrected chi connectivity index (χ4v) is 3.27. The van der Waals surface area contributed by atoms with E-state index in [-0.39, 0.29) is 11.8 Å². The molecule has 2 amide bonds. The number of nitrogens with zero attached hydrogens (tertiary/aromatic N) is 1. The van der Waals surface area contributed by atoms with Gasteiger partial charge in [0.25, 0.3) is 5.91 Å². The topological polar surface area (TPSA) is 75.4 Å². The number of benzene rings is 2. The number of anilines is 2. The van der Waals surface area contributed by atoms with E-state index in [4.69, 9.17) is 5.73 Å². The summed E-state index contributed by atoms with van der Waals surface area (Å²) >= 11 is 0. The van der Waals surface area contributed by atoms with Gasteiger partial charge in [-0.15, -0.1) is 0 Å². The third-order valence-electron chi connectivity index (χ3n) is 4.67. The summed E-state index contributed by atoms with van der Waals surface area (Å²) in [6, 6.07) is 14.8. The van der Waals surface area contributed by atoms with Crippen LogP contribution in [0.15, 0.2) is 48.5 Å². The van der Waals surface area contributed by atoms with Gasteiger partial charge >= 0.3 is 0 Å². The second-order valence-corrected chi connectivity index (χ2v) is 6.69. The Morgan fingerprint density at radius 1 is 1.00 bits per heavy atom. The highest BCUT2D eigenvalue weighted by molar-refractivity contribution is 6.03. The molecular formula is C21H25N3O2. The van der Waals surface area contributed by atoms with E-state index in [1.807, 2.05) is 41.3 Å². The number of carbonyl (C=O) groups excluding carboxylic acids is 2. The van der Waals surface area contributed by atoms with Crippen molar-refractivity contribution in [3.05, 3.63) is 59.7 Å². The van der Waals surface area contributed by atoms with Crippen LogP contribution in [0.1, 0.15) is 41.6 Å². The Morgan fingerprint density at radius 2 is 1.77 bits per heavy atom. The van der Waals surface area contributed by atoms with Crippen molar-refractivity contribution in [2.75, 3.05) is 24.1 Å². The first-order valence-corrected chi connectivity index (χ1v) is 9.16. The van der Waals surface area contributed by atoms with Crippen LogP contribution in [0.4, 0.5) is 11.4 Å². The van der Waals surface area contributed by atoms with Gasteiger partial charge in [-0.05, 0) is 55.5 Å². The Morgan fingerprint density at radius 3 is 2.54 bits per heavy atom. The van der Waals surface area contributed by atoms with Crippen molar-refractivity contribution in [2.45, 2.75) is 32.1 Å². The van der Waals surface area contributed by atoms with Gasteiger partial charge in [0.05, 0.1) is 11.3 Å². The van der Waals surface area contributed by atoms with E-state index in [0.717, 1.165) is 31.5 Å². The number of aryl methyl sites for hydroxylation is 1. The maximum atomic E-state index is 12.8. The van der Waals surface area contributed by atoms with Gasteiger partial charge in [0, 0.05) is 25.2 Å². The van der Waals surface area contributed by atoms with Crippen LogP contribution in [0, 0.1) is 0 Å². The summed E-state index contributed by atoms with van der Waals surface area (Å²) in [6.45, 7) is 1.58. The maximum absolute atomic E-state index is 12.8. The molecule has 2 aromatic carbocycles. The first kappa shape index (κ1) is 18.0. The van der Waals surface area contributed by atoms with E-state index in [1.54, 1.807) is 12.1 Å². The third kappa shape index (κ3) is 4.63. The summed E-state index contributed by atoms with van der Waals surface area (Å²) in [4.78, 5) is 27.0. The highest BCUT2D eigenvalue weighted by atomic mass is 16.2. The Bertz CT molecular complexity index is 782. The van der Waals surface area contributed by atoms with E-state index < -0.39 is 0 Å². The molecule has 1 aliphatic rings. The summed E-state index contributed by atoms with van der Waals surface area (Å²) in [5, 5.41) is 2.90. The first-order valence-electron chi connectivity index (χ1n) is 9.16. The molecule has 5 heteroatoms. The molecular weight excluding hydrogens is 326 g/mol. The Labute approximate surface area is 154 Å². The number of amides is 2. The van der Waals surface area contributed by atoms with E-state index >= 15 is 0 Å². The number of rotatable bonds is 5. The second-order valence-electron chi connectivity index (χ2n) is 6.69. The Balaban J connectivity index is 1.63. The lowest BCUT2D eigenvalue weighted by molar-refractivity contribution is -0.116. The second kappa shape index (κ2) is 8.52. The highest BCUT2D eigenvalue weighted by Gasteiger charge is 2.21. The SMILES string of the molecule is Nc1cccc(CCC(=O)Nc2ccccc2C(=O)N2CCCCC2)c1. The van der Waals surface area contributed by atoms with E-state index in [0.29, 0.717) is 29.8 Å². The fourth-order valence-electron chi connectivity index (χ4n) is 3.27. The van der Waals surface area contributed by atoms with Crippen molar-refractivity contribution >= 4 is 23.2 Å². The minimum atomic E-state index is -0.105. The summed E-state index contributed by atoms with van der Waals surface area (Å²) in [7, 11) is 0. The average molecular weight is 351 g/mol. The number of nitrogen functional groups attached to an aromatic ring is 1. The number of nitrogens with one attached hydrogen (secondary N) is 1. The zero-order valence-corrected chi connectivity index (χ0v) is 14.9. The average Bonchev–Trinajstić information content (AvgIpc) is 2.67. The summed E-state index contributed by atoms with van der Waals surface area (Å²) in [6.07, 6.45) is 4.21. The van der Waals surface area contributed by atoms with Crippen LogP contribution in [0.25, 0.3) is 0 Å².